The van der Waals surface area contributed by atoms with Crippen LogP contribution >= 0.6 is 0 Å². The third-order valence-corrected chi connectivity index (χ3v) is 6.52. The third-order valence-electron chi connectivity index (χ3n) is 6.52. The van der Waals surface area contributed by atoms with Gasteiger partial charge in [-0.05, 0) is 30.9 Å². The zero-order chi connectivity index (χ0) is 22.4. The zero-order valence-electron chi connectivity index (χ0n) is 17.4. The second-order valence-corrected chi connectivity index (χ2v) is 9.04. The Balaban J connectivity index is 1.67. The molecular weight excluding hydrogens is 410 g/mol. The van der Waals surface area contributed by atoms with Gasteiger partial charge in [0, 0.05) is 24.3 Å². The number of nitrogens with zero attached hydrogens (tertiary/aromatic N) is 2. The number of halogens is 2. The van der Waals surface area contributed by atoms with E-state index < -0.39 is 53.4 Å². The largest absolute Gasteiger partial charge is 0.396 e. The maximum Gasteiger partial charge on any atom is 0.238 e. The first-order valence-corrected chi connectivity index (χ1v) is 10.6. The van der Waals surface area contributed by atoms with Crippen molar-refractivity contribution in [3.8, 4) is 0 Å². The standard InChI is InChI=1S/C22H26F2N2O5/c1-10(2)9-31-25-15-8-17(27)20(28)18-12(15)4-5-13-19(18)22(30)26(21(13)29)16-6-3-11(23)7-14(16)24/h3,6-7,10,12-13,17-20,27-28H,4-5,8-9H2,1-2H3/t12-,13+,17+,18-,19-,20+/m0/s1. The summed E-state index contributed by atoms with van der Waals surface area (Å²) >= 11 is 0. The van der Waals surface area contributed by atoms with E-state index in [-0.39, 0.29) is 23.9 Å². The van der Waals surface area contributed by atoms with E-state index in [0.717, 1.165) is 17.0 Å². The highest BCUT2D eigenvalue weighted by atomic mass is 19.1. The van der Waals surface area contributed by atoms with Crippen molar-refractivity contribution in [2.75, 3.05) is 11.5 Å². The number of aliphatic hydroxyl groups is 2. The molecule has 1 heterocycles. The molecule has 0 spiro atoms. The van der Waals surface area contributed by atoms with Crippen molar-refractivity contribution >= 4 is 23.2 Å². The lowest BCUT2D eigenvalue weighted by atomic mass is 9.60. The van der Waals surface area contributed by atoms with E-state index in [9.17, 15) is 28.6 Å². The topological polar surface area (TPSA) is 99.4 Å². The van der Waals surface area contributed by atoms with Gasteiger partial charge in [0.1, 0.15) is 18.2 Å². The number of carbonyl (C=O) groups is 2. The molecule has 4 rings (SSSR count). The SMILES string of the molecule is CC(C)CON=C1C[C@@H](O)[C@@H](O)[C@@H]2[C@H]3C(=O)N(c4ccc(F)cc4F)C(=O)[C@@H]3CC[C@@H]12. The summed E-state index contributed by atoms with van der Waals surface area (Å²) in [6, 6.07) is 2.67. The number of oxime groups is 1. The molecule has 2 saturated carbocycles. The average molecular weight is 436 g/mol. The van der Waals surface area contributed by atoms with Gasteiger partial charge in [-0.25, -0.2) is 13.7 Å². The Morgan fingerprint density at radius 2 is 1.87 bits per heavy atom. The van der Waals surface area contributed by atoms with Gasteiger partial charge in [0.25, 0.3) is 0 Å². The van der Waals surface area contributed by atoms with Crippen LogP contribution in [0.5, 0.6) is 0 Å². The van der Waals surface area contributed by atoms with Crippen molar-refractivity contribution in [1.29, 1.82) is 0 Å². The first kappa shape index (κ1) is 21.8. The van der Waals surface area contributed by atoms with E-state index in [0.29, 0.717) is 31.2 Å². The third kappa shape index (κ3) is 3.74. The molecule has 6 atom stereocenters. The Bertz CT molecular complexity index is 921. The normalized spacial score (nSPS) is 34.3. The van der Waals surface area contributed by atoms with Gasteiger partial charge in [-0.2, -0.15) is 0 Å². The number of hydrogen-bond acceptors (Lipinski definition) is 6. The number of rotatable bonds is 4. The Morgan fingerprint density at radius 1 is 1.16 bits per heavy atom. The second-order valence-electron chi connectivity index (χ2n) is 9.04. The van der Waals surface area contributed by atoms with E-state index in [1.54, 1.807) is 0 Å². The highest BCUT2D eigenvalue weighted by molar-refractivity contribution is 6.22. The van der Waals surface area contributed by atoms with Crippen molar-refractivity contribution in [3.05, 3.63) is 29.8 Å². The monoisotopic (exact) mass is 436 g/mol. The summed E-state index contributed by atoms with van der Waals surface area (Å²) in [5.74, 6) is -5.52. The van der Waals surface area contributed by atoms with Crippen LogP contribution in [0.2, 0.25) is 0 Å². The summed E-state index contributed by atoms with van der Waals surface area (Å²) in [4.78, 5) is 32.5. The number of anilines is 1. The molecule has 0 unspecified atom stereocenters. The molecule has 1 saturated heterocycles. The van der Waals surface area contributed by atoms with Crippen LogP contribution in [0.25, 0.3) is 0 Å². The number of fused-ring (bicyclic) bond motifs is 3. The molecule has 7 nitrogen and oxygen atoms in total. The van der Waals surface area contributed by atoms with Gasteiger partial charge in [-0.3, -0.25) is 9.59 Å². The molecule has 168 valence electrons. The summed E-state index contributed by atoms with van der Waals surface area (Å²) in [5, 5.41) is 25.4. The van der Waals surface area contributed by atoms with Crippen LogP contribution in [0.15, 0.2) is 23.4 Å². The first-order valence-electron chi connectivity index (χ1n) is 10.6. The van der Waals surface area contributed by atoms with Crippen LogP contribution in [0, 0.1) is 41.2 Å². The van der Waals surface area contributed by atoms with Gasteiger partial charge < -0.3 is 15.1 Å². The van der Waals surface area contributed by atoms with E-state index in [4.69, 9.17) is 4.84 Å². The average Bonchev–Trinajstić information content (AvgIpc) is 2.96. The van der Waals surface area contributed by atoms with E-state index >= 15 is 0 Å². The van der Waals surface area contributed by atoms with Crippen molar-refractivity contribution in [3.63, 3.8) is 0 Å². The number of imide groups is 1. The predicted octanol–water partition coefficient (Wildman–Crippen LogP) is 2.25. The fraction of sp³-hybridized carbons (Fsp3) is 0.591. The highest BCUT2D eigenvalue weighted by Crippen LogP contribution is 2.50. The summed E-state index contributed by atoms with van der Waals surface area (Å²) in [6.45, 7) is 4.33. The Kier molecular flexibility index (Phi) is 5.83. The molecule has 1 aromatic rings. The maximum atomic E-state index is 14.4. The van der Waals surface area contributed by atoms with Gasteiger partial charge in [-0.1, -0.05) is 19.0 Å². The van der Waals surface area contributed by atoms with Crippen molar-refractivity contribution in [1.82, 2.24) is 0 Å². The molecule has 1 aliphatic heterocycles. The van der Waals surface area contributed by atoms with E-state index in [1.165, 1.54) is 0 Å². The summed E-state index contributed by atoms with van der Waals surface area (Å²) in [5.41, 5.74) is 0.260. The fourth-order valence-electron chi connectivity index (χ4n) is 5.14. The molecule has 3 fully saturated rings. The molecule has 0 bridgehead atoms. The minimum Gasteiger partial charge on any atom is -0.396 e. The van der Waals surface area contributed by atoms with Crippen LogP contribution in [0.4, 0.5) is 14.5 Å². The summed E-state index contributed by atoms with van der Waals surface area (Å²) in [6.07, 6.45) is -1.41. The van der Waals surface area contributed by atoms with Gasteiger partial charge in [0.2, 0.25) is 11.8 Å². The van der Waals surface area contributed by atoms with Crippen LogP contribution in [0.3, 0.4) is 0 Å². The van der Waals surface area contributed by atoms with E-state index in [1.807, 2.05) is 13.8 Å². The Morgan fingerprint density at radius 3 is 2.55 bits per heavy atom. The number of carbonyl (C=O) groups excluding carboxylic acids is 2. The molecule has 0 radical (unpaired) electrons. The van der Waals surface area contributed by atoms with Gasteiger partial charge in [-0.15, -0.1) is 0 Å². The second kappa shape index (κ2) is 8.27. The molecule has 2 N–H and O–H groups in total. The molecule has 2 amide bonds. The minimum absolute atomic E-state index is 0.121. The lowest BCUT2D eigenvalue weighted by molar-refractivity contribution is -0.132. The number of benzene rings is 1. The van der Waals surface area contributed by atoms with Crippen LogP contribution in [0.1, 0.15) is 33.1 Å². The summed E-state index contributed by atoms with van der Waals surface area (Å²) in [7, 11) is 0. The van der Waals surface area contributed by atoms with Crippen molar-refractivity contribution < 1.29 is 33.4 Å². The van der Waals surface area contributed by atoms with Gasteiger partial charge in [0.05, 0.1) is 35.4 Å². The first-order chi connectivity index (χ1) is 14.7. The zero-order valence-corrected chi connectivity index (χ0v) is 17.4. The minimum atomic E-state index is -1.23. The molecule has 9 heteroatoms. The smallest absolute Gasteiger partial charge is 0.238 e. The van der Waals surface area contributed by atoms with Crippen LogP contribution in [-0.4, -0.2) is 46.6 Å². The van der Waals surface area contributed by atoms with Gasteiger partial charge >= 0.3 is 0 Å². The molecule has 3 aliphatic rings. The molecule has 31 heavy (non-hydrogen) atoms. The highest BCUT2D eigenvalue weighted by Gasteiger charge is 2.60. The quantitative estimate of drug-likeness (QED) is 0.557. The lowest BCUT2D eigenvalue weighted by Crippen LogP contribution is -2.54. The fourth-order valence-corrected chi connectivity index (χ4v) is 5.14. The van der Waals surface area contributed by atoms with Crippen LogP contribution < -0.4 is 4.90 Å². The Labute approximate surface area is 178 Å². The molecule has 2 aliphatic carbocycles. The lowest BCUT2D eigenvalue weighted by Gasteiger charge is -2.45. The van der Waals surface area contributed by atoms with E-state index in [2.05, 4.69) is 5.16 Å². The number of amides is 2. The van der Waals surface area contributed by atoms with Crippen LogP contribution in [-0.2, 0) is 14.4 Å². The van der Waals surface area contributed by atoms with Gasteiger partial charge in [0.15, 0.2) is 0 Å². The Hall–Kier alpha value is -2.39. The van der Waals surface area contributed by atoms with Crippen molar-refractivity contribution in [2.24, 2.45) is 34.7 Å². The van der Waals surface area contributed by atoms with Crippen molar-refractivity contribution in [2.45, 2.75) is 45.3 Å². The molecular formula is C22H26F2N2O5. The predicted molar refractivity (Wildman–Crippen MR) is 107 cm³/mol. The maximum absolute atomic E-state index is 14.4. The molecule has 1 aromatic carbocycles. The molecule has 0 aromatic heterocycles. The number of aliphatic hydroxyl groups excluding tert-OH is 2. The summed E-state index contributed by atoms with van der Waals surface area (Å²) < 4.78 is 27.7. The number of hydrogen-bond donors (Lipinski definition) is 2.